The van der Waals surface area contributed by atoms with Crippen LogP contribution in [0.3, 0.4) is 0 Å². The average molecular weight is 406 g/mol. The number of nitrogens with zero attached hydrogens (tertiary/aromatic N) is 2. The number of hydrogen-bond acceptors (Lipinski definition) is 6. The first kappa shape index (κ1) is 18.8. The van der Waals surface area contributed by atoms with Crippen molar-refractivity contribution in [2.24, 2.45) is 5.92 Å². The Morgan fingerprint density at radius 3 is 2.71 bits per heavy atom. The van der Waals surface area contributed by atoms with E-state index >= 15 is 0 Å². The monoisotopic (exact) mass is 406 g/mol. The molecular formula is C18H22N4O5S. The molecule has 150 valence electrons. The summed E-state index contributed by atoms with van der Waals surface area (Å²) >= 11 is 0. The highest BCUT2D eigenvalue weighted by atomic mass is 32.2. The first-order valence-electron chi connectivity index (χ1n) is 9.19. The molecule has 1 saturated heterocycles. The number of rotatable bonds is 5. The number of nitrogens with one attached hydrogen (secondary N) is 2. The molecule has 28 heavy (non-hydrogen) atoms. The van der Waals surface area contributed by atoms with E-state index in [-0.39, 0.29) is 23.0 Å². The Hall–Kier alpha value is -2.59. The number of fused-ring (bicyclic) bond motifs is 1. The van der Waals surface area contributed by atoms with E-state index in [1.165, 1.54) is 16.8 Å². The van der Waals surface area contributed by atoms with Gasteiger partial charge in [0.25, 0.3) is 10.0 Å². The van der Waals surface area contributed by atoms with Gasteiger partial charge in [-0.1, -0.05) is 12.1 Å². The van der Waals surface area contributed by atoms with Crippen molar-refractivity contribution in [1.29, 1.82) is 0 Å². The number of sulfonamides is 1. The number of aromatic amines is 1. The molecule has 1 aromatic heterocycles. The van der Waals surface area contributed by atoms with Gasteiger partial charge in [0.05, 0.1) is 19.1 Å². The predicted octanol–water partition coefficient (Wildman–Crippen LogP) is 0.767. The maximum Gasteiger partial charge on any atom is 0.260 e. The quantitative estimate of drug-likeness (QED) is 0.758. The number of piperidine rings is 1. The number of ether oxygens (including phenoxy) is 2. The Morgan fingerprint density at radius 2 is 2.00 bits per heavy atom. The van der Waals surface area contributed by atoms with Gasteiger partial charge in [-0.3, -0.25) is 4.79 Å². The van der Waals surface area contributed by atoms with Crippen molar-refractivity contribution >= 4 is 15.9 Å². The molecule has 2 aliphatic heterocycles. The summed E-state index contributed by atoms with van der Waals surface area (Å²) in [5, 5.41) is 2.98. The molecule has 9 nitrogen and oxygen atoms in total. The molecule has 1 aromatic carbocycles. The molecule has 1 atom stereocenters. The highest BCUT2D eigenvalue weighted by Gasteiger charge is 2.33. The molecule has 0 saturated carbocycles. The van der Waals surface area contributed by atoms with Crippen molar-refractivity contribution in [3.05, 3.63) is 36.8 Å². The summed E-state index contributed by atoms with van der Waals surface area (Å²) in [6, 6.07) is 7.42. The topological polar surface area (TPSA) is 114 Å². The Kier molecular flexibility index (Phi) is 5.23. The predicted molar refractivity (Wildman–Crippen MR) is 99.4 cm³/mol. The second-order valence-corrected chi connectivity index (χ2v) is 8.74. The summed E-state index contributed by atoms with van der Waals surface area (Å²) in [5.74, 6) is 1.08. The summed E-state index contributed by atoms with van der Waals surface area (Å²) in [7, 11) is -3.58. The zero-order valence-corrected chi connectivity index (χ0v) is 16.0. The van der Waals surface area contributed by atoms with E-state index in [0.29, 0.717) is 50.6 Å². The Labute approximate surface area is 163 Å². The van der Waals surface area contributed by atoms with Gasteiger partial charge in [-0.15, -0.1) is 0 Å². The van der Waals surface area contributed by atoms with Crippen molar-refractivity contribution in [3.8, 4) is 11.5 Å². The van der Waals surface area contributed by atoms with Gasteiger partial charge >= 0.3 is 0 Å². The maximum absolute atomic E-state index is 12.5. The molecule has 10 heteroatoms. The second kappa shape index (κ2) is 7.80. The van der Waals surface area contributed by atoms with Crippen LogP contribution in [0.4, 0.5) is 0 Å². The normalized spacial score (nSPS) is 20.6. The number of H-pyrrole nitrogens is 1. The molecule has 0 spiro atoms. The molecular weight excluding hydrogens is 384 g/mol. The number of carbonyl (C=O) groups excluding carboxylic acids is 1. The second-order valence-electron chi connectivity index (χ2n) is 6.84. The molecule has 4 rings (SSSR count). The molecule has 1 amide bonds. The molecule has 0 radical (unpaired) electrons. The van der Waals surface area contributed by atoms with Crippen molar-refractivity contribution in [2.45, 2.75) is 24.0 Å². The van der Waals surface area contributed by atoms with E-state index in [2.05, 4.69) is 15.3 Å². The van der Waals surface area contributed by atoms with Crippen molar-refractivity contribution < 1.29 is 22.7 Å². The zero-order valence-electron chi connectivity index (χ0n) is 15.2. The van der Waals surface area contributed by atoms with E-state index < -0.39 is 10.0 Å². The molecule has 2 N–H and O–H groups in total. The smallest absolute Gasteiger partial charge is 0.260 e. The SMILES string of the molecule is O=C(NC[C@@H]1COc2ccccc2O1)C1CCN(S(=O)(=O)c2cnc[nH]2)CC1. The van der Waals surface area contributed by atoms with Gasteiger partial charge in [-0.05, 0) is 25.0 Å². The Morgan fingerprint density at radius 1 is 1.25 bits per heavy atom. The summed E-state index contributed by atoms with van der Waals surface area (Å²) in [4.78, 5) is 18.9. The minimum atomic E-state index is -3.58. The maximum atomic E-state index is 12.5. The summed E-state index contributed by atoms with van der Waals surface area (Å²) < 4.78 is 37.8. The number of hydrogen-bond donors (Lipinski definition) is 2. The lowest BCUT2D eigenvalue weighted by Crippen LogP contribution is -2.46. The fourth-order valence-electron chi connectivity index (χ4n) is 3.40. The number of carbonyl (C=O) groups is 1. The number of amides is 1. The molecule has 0 aliphatic carbocycles. The van der Waals surface area contributed by atoms with Gasteiger partial charge in [-0.25, -0.2) is 13.4 Å². The lowest BCUT2D eigenvalue weighted by atomic mass is 9.97. The highest BCUT2D eigenvalue weighted by Crippen LogP contribution is 2.30. The number of benzene rings is 1. The fourth-order valence-corrected chi connectivity index (χ4v) is 4.77. The van der Waals surface area contributed by atoms with Crippen LogP contribution in [0.2, 0.25) is 0 Å². The standard InChI is InChI=1S/C18H22N4O5S/c23-18(20-9-14-11-26-15-3-1-2-4-16(15)27-14)13-5-7-22(8-6-13)28(24,25)17-10-19-12-21-17/h1-4,10,12-14H,5-9,11H2,(H,19,21)(H,20,23)/t14-/m1/s1. The number of imidazole rings is 1. The molecule has 0 bridgehead atoms. The lowest BCUT2D eigenvalue weighted by Gasteiger charge is -2.31. The molecule has 2 aliphatic rings. The van der Waals surface area contributed by atoms with Gasteiger partial charge in [-0.2, -0.15) is 4.31 Å². The van der Waals surface area contributed by atoms with Crippen LogP contribution >= 0.6 is 0 Å². The molecule has 3 heterocycles. The Balaban J connectivity index is 1.26. The van der Waals surface area contributed by atoms with E-state index in [0.717, 1.165) is 0 Å². The van der Waals surface area contributed by atoms with Crippen LogP contribution in [0, 0.1) is 5.92 Å². The van der Waals surface area contributed by atoms with Crippen LogP contribution in [0.5, 0.6) is 11.5 Å². The minimum absolute atomic E-state index is 0.0742. The first-order valence-corrected chi connectivity index (χ1v) is 10.6. The number of aromatic nitrogens is 2. The number of para-hydroxylation sites is 2. The molecule has 1 fully saturated rings. The van der Waals surface area contributed by atoms with Crippen LogP contribution in [0.25, 0.3) is 0 Å². The van der Waals surface area contributed by atoms with Crippen LogP contribution in [0.1, 0.15) is 12.8 Å². The molecule has 0 unspecified atom stereocenters. The van der Waals surface area contributed by atoms with Crippen LogP contribution in [0.15, 0.2) is 41.8 Å². The van der Waals surface area contributed by atoms with Crippen LogP contribution in [-0.4, -0.2) is 60.9 Å². The third kappa shape index (κ3) is 3.83. The highest BCUT2D eigenvalue weighted by molar-refractivity contribution is 7.89. The fraction of sp³-hybridized carbons (Fsp3) is 0.444. The van der Waals surface area contributed by atoms with Crippen LogP contribution < -0.4 is 14.8 Å². The Bertz CT molecular complexity index is 923. The van der Waals surface area contributed by atoms with Gasteiger partial charge in [0.1, 0.15) is 12.7 Å². The summed E-state index contributed by atoms with van der Waals surface area (Å²) in [6.45, 7) is 1.32. The third-order valence-electron chi connectivity index (χ3n) is 4.99. The van der Waals surface area contributed by atoms with E-state index in [9.17, 15) is 13.2 Å². The van der Waals surface area contributed by atoms with Crippen molar-refractivity contribution in [1.82, 2.24) is 19.6 Å². The van der Waals surface area contributed by atoms with E-state index in [1.807, 2.05) is 24.3 Å². The first-order chi connectivity index (χ1) is 13.5. The largest absolute Gasteiger partial charge is 0.486 e. The van der Waals surface area contributed by atoms with Crippen molar-refractivity contribution in [3.63, 3.8) is 0 Å². The van der Waals surface area contributed by atoms with E-state index in [1.54, 1.807) is 0 Å². The molecule has 2 aromatic rings. The van der Waals surface area contributed by atoms with Gasteiger partial charge in [0.15, 0.2) is 16.5 Å². The van der Waals surface area contributed by atoms with Gasteiger partial charge in [0.2, 0.25) is 5.91 Å². The summed E-state index contributed by atoms with van der Waals surface area (Å²) in [5.41, 5.74) is 0. The zero-order chi connectivity index (χ0) is 19.6. The average Bonchev–Trinajstić information content (AvgIpc) is 3.28. The van der Waals surface area contributed by atoms with Gasteiger partial charge in [0, 0.05) is 19.0 Å². The summed E-state index contributed by atoms with van der Waals surface area (Å²) in [6.07, 6.45) is 3.33. The van der Waals surface area contributed by atoms with Crippen LogP contribution in [-0.2, 0) is 14.8 Å². The van der Waals surface area contributed by atoms with Gasteiger partial charge < -0.3 is 19.8 Å². The lowest BCUT2D eigenvalue weighted by molar-refractivity contribution is -0.126. The van der Waals surface area contributed by atoms with E-state index in [4.69, 9.17) is 9.47 Å². The minimum Gasteiger partial charge on any atom is -0.486 e. The van der Waals surface area contributed by atoms with Crippen molar-refractivity contribution in [2.75, 3.05) is 26.2 Å². The third-order valence-corrected chi connectivity index (χ3v) is 6.81.